The number of rotatable bonds is 3. The molecule has 4 heteroatoms. The van der Waals surface area contributed by atoms with E-state index < -0.39 is 17.8 Å². The van der Waals surface area contributed by atoms with E-state index in [9.17, 15) is 18.3 Å². The monoisotopic (exact) mass is 280 g/mol. The molecule has 1 unspecified atom stereocenters. The Balaban J connectivity index is 2.37. The van der Waals surface area contributed by atoms with Gasteiger partial charge in [-0.15, -0.1) is 0 Å². The lowest BCUT2D eigenvalue weighted by molar-refractivity contribution is -0.137. The van der Waals surface area contributed by atoms with E-state index in [-0.39, 0.29) is 0 Å². The largest absolute Gasteiger partial charge is 0.416 e. The molecular formula is C16H15F3O. The van der Waals surface area contributed by atoms with Crippen LogP contribution in [0.2, 0.25) is 0 Å². The van der Waals surface area contributed by atoms with Crippen LogP contribution in [-0.4, -0.2) is 11.2 Å². The van der Waals surface area contributed by atoms with Gasteiger partial charge >= 0.3 is 6.18 Å². The first kappa shape index (κ1) is 14.6. The standard InChI is InChI=1S/C16H15F3O/c1-11(20)10-13-4-2-3-5-15(13)12-6-8-14(9-7-12)16(17,18)19/h2-9,11,20H,10H2,1H3. The first-order valence-corrected chi connectivity index (χ1v) is 6.31. The minimum absolute atomic E-state index is 0.469. The van der Waals surface area contributed by atoms with Gasteiger partial charge in [0.1, 0.15) is 0 Å². The van der Waals surface area contributed by atoms with Crippen molar-refractivity contribution in [1.82, 2.24) is 0 Å². The molecule has 2 aromatic rings. The van der Waals surface area contributed by atoms with Crippen LogP contribution >= 0.6 is 0 Å². The van der Waals surface area contributed by atoms with Crippen molar-refractivity contribution in [2.45, 2.75) is 25.6 Å². The van der Waals surface area contributed by atoms with Gasteiger partial charge in [-0.3, -0.25) is 0 Å². The molecule has 0 aliphatic rings. The third kappa shape index (κ3) is 3.39. The van der Waals surface area contributed by atoms with Crippen molar-refractivity contribution in [3.05, 3.63) is 59.7 Å². The molecule has 2 aromatic carbocycles. The van der Waals surface area contributed by atoms with Crippen molar-refractivity contribution in [2.75, 3.05) is 0 Å². The molecule has 106 valence electrons. The van der Waals surface area contributed by atoms with Gasteiger partial charge in [0.05, 0.1) is 11.7 Å². The number of hydrogen-bond donors (Lipinski definition) is 1. The molecule has 1 N–H and O–H groups in total. The minimum atomic E-state index is -4.32. The number of aliphatic hydroxyl groups is 1. The normalized spacial score (nSPS) is 13.2. The third-order valence-electron chi connectivity index (χ3n) is 3.06. The summed E-state index contributed by atoms with van der Waals surface area (Å²) in [6, 6.07) is 12.5. The van der Waals surface area contributed by atoms with E-state index in [0.717, 1.165) is 23.3 Å². The van der Waals surface area contributed by atoms with Gasteiger partial charge in [0, 0.05) is 0 Å². The second-order valence-electron chi connectivity index (χ2n) is 4.79. The van der Waals surface area contributed by atoms with Gasteiger partial charge in [0.15, 0.2) is 0 Å². The smallest absolute Gasteiger partial charge is 0.393 e. The highest BCUT2D eigenvalue weighted by Gasteiger charge is 2.30. The van der Waals surface area contributed by atoms with E-state index in [1.54, 1.807) is 6.92 Å². The second-order valence-corrected chi connectivity index (χ2v) is 4.79. The van der Waals surface area contributed by atoms with Gasteiger partial charge in [-0.25, -0.2) is 0 Å². The van der Waals surface area contributed by atoms with Gasteiger partial charge < -0.3 is 5.11 Å². The SMILES string of the molecule is CC(O)Cc1ccccc1-c1ccc(C(F)(F)F)cc1. The highest BCUT2D eigenvalue weighted by atomic mass is 19.4. The zero-order valence-electron chi connectivity index (χ0n) is 11.0. The molecule has 20 heavy (non-hydrogen) atoms. The van der Waals surface area contributed by atoms with Crippen LogP contribution < -0.4 is 0 Å². The highest BCUT2D eigenvalue weighted by molar-refractivity contribution is 5.67. The fourth-order valence-corrected chi connectivity index (χ4v) is 2.14. The summed E-state index contributed by atoms with van der Waals surface area (Å²) in [5, 5.41) is 9.48. The summed E-state index contributed by atoms with van der Waals surface area (Å²) in [6.45, 7) is 1.68. The van der Waals surface area contributed by atoms with E-state index in [1.165, 1.54) is 12.1 Å². The third-order valence-corrected chi connectivity index (χ3v) is 3.06. The summed E-state index contributed by atoms with van der Waals surface area (Å²) < 4.78 is 37.6. The molecule has 0 radical (unpaired) electrons. The molecule has 0 heterocycles. The molecule has 0 aliphatic carbocycles. The Morgan fingerprint density at radius 3 is 2.15 bits per heavy atom. The summed E-state index contributed by atoms with van der Waals surface area (Å²) in [5.41, 5.74) is 1.83. The van der Waals surface area contributed by atoms with Crippen molar-refractivity contribution in [1.29, 1.82) is 0 Å². The van der Waals surface area contributed by atoms with Crippen LogP contribution in [0.4, 0.5) is 13.2 Å². The summed E-state index contributed by atoms with van der Waals surface area (Å²) in [5.74, 6) is 0. The lowest BCUT2D eigenvalue weighted by atomic mass is 9.95. The van der Waals surface area contributed by atoms with E-state index in [1.807, 2.05) is 24.3 Å². The van der Waals surface area contributed by atoms with Crippen LogP contribution in [0.3, 0.4) is 0 Å². The van der Waals surface area contributed by atoms with Crippen LogP contribution in [0.25, 0.3) is 11.1 Å². The topological polar surface area (TPSA) is 20.2 Å². The minimum Gasteiger partial charge on any atom is -0.393 e. The Bertz CT molecular complexity index is 571. The maximum atomic E-state index is 12.5. The molecule has 0 aromatic heterocycles. The predicted molar refractivity (Wildman–Crippen MR) is 72.3 cm³/mol. The van der Waals surface area contributed by atoms with Crippen LogP contribution in [0.1, 0.15) is 18.1 Å². The van der Waals surface area contributed by atoms with Crippen LogP contribution in [0.15, 0.2) is 48.5 Å². The van der Waals surface area contributed by atoms with Crippen molar-refractivity contribution >= 4 is 0 Å². The van der Waals surface area contributed by atoms with Crippen molar-refractivity contribution in [3.63, 3.8) is 0 Å². The zero-order valence-corrected chi connectivity index (χ0v) is 11.0. The Hall–Kier alpha value is -1.81. The van der Waals surface area contributed by atoms with E-state index >= 15 is 0 Å². The van der Waals surface area contributed by atoms with Crippen LogP contribution in [0, 0.1) is 0 Å². The van der Waals surface area contributed by atoms with E-state index in [0.29, 0.717) is 12.0 Å². The average Bonchev–Trinajstić information content (AvgIpc) is 2.38. The molecule has 0 amide bonds. The van der Waals surface area contributed by atoms with Crippen molar-refractivity contribution in [3.8, 4) is 11.1 Å². The summed E-state index contributed by atoms with van der Waals surface area (Å²) in [7, 11) is 0. The summed E-state index contributed by atoms with van der Waals surface area (Å²) in [6.07, 6.45) is -4.35. The first-order valence-electron chi connectivity index (χ1n) is 6.31. The maximum Gasteiger partial charge on any atom is 0.416 e. The number of alkyl halides is 3. The van der Waals surface area contributed by atoms with Crippen molar-refractivity contribution in [2.24, 2.45) is 0 Å². The first-order chi connectivity index (χ1) is 9.38. The average molecular weight is 280 g/mol. The zero-order chi connectivity index (χ0) is 14.8. The molecule has 0 saturated heterocycles. The Morgan fingerprint density at radius 1 is 1.00 bits per heavy atom. The Kier molecular flexibility index (Phi) is 4.14. The number of aliphatic hydroxyl groups excluding tert-OH is 1. The van der Waals surface area contributed by atoms with Gasteiger partial charge in [-0.1, -0.05) is 36.4 Å². The van der Waals surface area contributed by atoms with Gasteiger partial charge in [0.2, 0.25) is 0 Å². The fourth-order valence-electron chi connectivity index (χ4n) is 2.14. The van der Waals surface area contributed by atoms with Crippen LogP contribution in [0.5, 0.6) is 0 Å². The van der Waals surface area contributed by atoms with Crippen molar-refractivity contribution < 1.29 is 18.3 Å². The molecule has 1 nitrogen and oxygen atoms in total. The molecule has 1 atom stereocenters. The molecular weight excluding hydrogens is 265 g/mol. The number of halogens is 3. The number of hydrogen-bond acceptors (Lipinski definition) is 1. The number of benzene rings is 2. The Morgan fingerprint density at radius 2 is 1.60 bits per heavy atom. The predicted octanol–water partition coefficient (Wildman–Crippen LogP) is 4.30. The molecule has 0 aliphatic heterocycles. The maximum absolute atomic E-state index is 12.5. The van der Waals surface area contributed by atoms with Gasteiger partial charge in [-0.2, -0.15) is 13.2 Å². The Labute approximate surface area is 115 Å². The fraction of sp³-hybridized carbons (Fsp3) is 0.250. The summed E-state index contributed by atoms with van der Waals surface area (Å²) >= 11 is 0. The van der Waals surface area contributed by atoms with E-state index in [2.05, 4.69) is 0 Å². The van der Waals surface area contributed by atoms with Gasteiger partial charge in [0.25, 0.3) is 0 Å². The molecule has 0 saturated carbocycles. The lowest BCUT2D eigenvalue weighted by Crippen LogP contribution is -2.06. The molecule has 0 fully saturated rings. The second kappa shape index (κ2) is 5.67. The van der Waals surface area contributed by atoms with Gasteiger partial charge in [-0.05, 0) is 42.2 Å². The lowest BCUT2D eigenvalue weighted by Gasteiger charge is -2.12. The summed E-state index contributed by atoms with van der Waals surface area (Å²) in [4.78, 5) is 0. The molecule has 2 rings (SSSR count). The quantitative estimate of drug-likeness (QED) is 0.889. The van der Waals surface area contributed by atoms with Crippen LogP contribution in [-0.2, 0) is 12.6 Å². The highest BCUT2D eigenvalue weighted by Crippen LogP contribution is 2.32. The van der Waals surface area contributed by atoms with E-state index in [4.69, 9.17) is 0 Å². The molecule has 0 spiro atoms. The molecule has 0 bridgehead atoms.